The number of ketones is 1. The topological polar surface area (TPSA) is 51.1 Å². The van der Waals surface area contributed by atoms with Gasteiger partial charge < -0.3 is 9.88 Å². The smallest absolute Gasteiger partial charge is 0.229 e. The number of terminal acetylenes is 1. The first kappa shape index (κ1) is 14.2. The van der Waals surface area contributed by atoms with Crippen LogP contribution in [0.25, 0.3) is 0 Å². The maximum absolute atomic E-state index is 12.6. The molecule has 1 aliphatic rings. The molecular weight excluding hydrogens is 276 g/mol. The Bertz CT molecular complexity index is 753. The van der Waals surface area contributed by atoms with Gasteiger partial charge in [-0.15, -0.1) is 6.42 Å². The maximum atomic E-state index is 12.6. The fourth-order valence-corrected chi connectivity index (χ4v) is 2.91. The Hall–Kier alpha value is -2.80. The van der Waals surface area contributed by atoms with E-state index in [4.69, 9.17) is 6.42 Å². The molecule has 0 saturated carbocycles. The zero-order chi connectivity index (χ0) is 15.5. The molecule has 0 spiro atoms. The van der Waals surface area contributed by atoms with Gasteiger partial charge >= 0.3 is 0 Å². The van der Waals surface area contributed by atoms with Gasteiger partial charge in [0.25, 0.3) is 0 Å². The third-order valence-electron chi connectivity index (χ3n) is 3.96. The molecule has 2 aromatic rings. The molecule has 1 unspecified atom stereocenters. The lowest BCUT2D eigenvalue weighted by molar-refractivity contribution is -0.122. The van der Waals surface area contributed by atoms with E-state index in [1.165, 1.54) is 0 Å². The normalized spacial score (nSPS) is 15.9. The van der Waals surface area contributed by atoms with E-state index in [1.54, 1.807) is 18.2 Å². The molecule has 1 aliphatic heterocycles. The summed E-state index contributed by atoms with van der Waals surface area (Å²) in [5.41, 5.74) is 2.17. The van der Waals surface area contributed by atoms with E-state index < -0.39 is 0 Å². The van der Waals surface area contributed by atoms with Gasteiger partial charge in [0.05, 0.1) is 18.2 Å². The predicted molar refractivity (Wildman–Crippen MR) is 83.5 cm³/mol. The highest BCUT2D eigenvalue weighted by molar-refractivity contribution is 6.08. The number of rotatable bonds is 4. The highest BCUT2D eigenvalue weighted by atomic mass is 16.2. The molecular formula is C18H16N2O2. The average molecular weight is 292 g/mol. The first-order valence-corrected chi connectivity index (χ1v) is 7.22. The second kappa shape index (κ2) is 5.90. The SMILES string of the molecule is C#CCNC(=O)C1CCn2c(C(=O)c3ccccc3)ccc21. The molecule has 22 heavy (non-hydrogen) atoms. The third-order valence-corrected chi connectivity index (χ3v) is 3.96. The monoisotopic (exact) mass is 292 g/mol. The van der Waals surface area contributed by atoms with Gasteiger partial charge in [-0.25, -0.2) is 0 Å². The van der Waals surface area contributed by atoms with Crippen molar-refractivity contribution in [2.24, 2.45) is 0 Å². The quantitative estimate of drug-likeness (QED) is 0.692. The minimum absolute atomic E-state index is 0.0171. The molecule has 4 nitrogen and oxygen atoms in total. The lowest BCUT2D eigenvalue weighted by atomic mass is 10.0. The summed E-state index contributed by atoms with van der Waals surface area (Å²) in [4.78, 5) is 24.7. The summed E-state index contributed by atoms with van der Waals surface area (Å²) in [5.74, 6) is 2.07. The van der Waals surface area contributed by atoms with Crippen LogP contribution in [-0.4, -0.2) is 22.8 Å². The number of nitrogens with one attached hydrogen (secondary N) is 1. The van der Waals surface area contributed by atoms with Crippen molar-refractivity contribution in [2.45, 2.75) is 18.9 Å². The van der Waals surface area contributed by atoms with Gasteiger partial charge in [-0.1, -0.05) is 36.3 Å². The van der Waals surface area contributed by atoms with Gasteiger partial charge in [0, 0.05) is 17.8 Å². The molecule has 110 valence electrons. The van der Waals surface area contributed by atoms with E-state index in [0.717, 1.165) is 5.69 Å². The maximum Gasteiger partial charge on any atom is 0.229 e. The van der Waals surface area contributed by atoms with Gasteiger partial charge in [-0.05, 0) is 18.6 Å². The molecule has 4 heteroatoms. The van der Waals surface area contributed by atoms with Crippen molar-refractivity contribution in [3.8, 4) is 12.3 Å². The number of hydrogen-bond donors (Lipinski definition) is 1. The van der Waals surface area contributed by atoms with Crippen LogP contribution in [0.4, 0.5) is 0 Å². The fraction of sp³-hybridized carbons (Fsp3) is 0.222. The Balaban J connectivity index is 1.86. The Morgan fingerprint density at radius 1 is 1.23 bits per heavy atom. The predicted octanol–water partition coefficient (Wildman–Crippen LogP) is 1.96. The highest BCUT2D eigenvalue weighted by Gasteiger charge is 2.31. The second-order valence-electron chi connectivity index (χ2n) is 5.25. The molecule has 0 bridgehead atoms. The summed E-state index contributed by atoms with van der Waals surface area (Å²) in [6, 6.07) is 12.8. The number of aromatic nitrogens is 1. The fourth-order valence-electron chi connectivity index (χ4n) is 2.91. The lowest BCUT2D eigenvalue weighted by Crippen LogP contribution is -2.28. The summed E-state index contributed by atoms with van der Waals surface area (Å²) in [7, 11) is 0. The van der Waals surface area contributed by atoms with Crippen LogP contribution in [0.2, 0.25) is 0 Å². The number of fused-ring (bicyclic) bond motifs is 1. The van der Waals surface area contributed by atoms with E-state index in [1.807, 2.05) is 28.8 Å². The van der Waals surface area contributed by atoms with Crippen LogP contribution >= 0.6 is 0 Å². The number of carbonyl (C=O) groups excluding carboxylic acids is 2. The van der Waals surface area contributed by atoms with Crippen LogP contribution in [-0.2, 0) is 11.3 Å². The van der Waals surface area contributed by atoms with Gasteiger partial charge in [0.1, 0.15) is 0 Å². The summed E-state index contributed by atoms with van der Waals surface area (Å²) in [6.45, 7) is 0.899. The summed E-state index contributed by atoms with van der Waals surface area (Å²) in [5, 5.41) is 2.71. The van der Waals surface area contributed by atoms with Crippen molar-refractivity contribution in [1.82, 2.24) is 9.88 Å². The minimum Gasteiger partial charge on any atom is -0.345 e. The van der Waals surface area contributed by atoms with Crippen LogP contribution in [0, 0.1) is 12.3 Å². The van der Waals surface area contributed by atoms with E-state index in [9.17, 15) is 9.59 Å². The molecule has 1 amide bonds. The molecule has 3 rings (SSSR count). The van der Waals surface area contributed by atoms with Crippen LogP contribution in [0.5, 0.6) is 0 Å². The summed E-state index contributed by atoms with van der Waals surface area (Å²) >= 11 is 0. The zero-order valence-electron chi connectivity index (χ0n) is 12.1. The number of hydrogen-bond acceptors (Lipinski definition) is 2. The van der Waals surface area contributed by atoms with E-state index in [-0.39, 0.29) is 24.2 Å². The van der Waals surface area contributed by atoms with Gasteiger partial charge in [0.15, 0.2) is 0 Å². The van der Waals surface area contributed by atoms with Crippen molar-refractivity contribution >= 4 is 11.7 Å². The number of nitrogens with zero attached hydrogens (tertiary/aromatic N) is 1. The zero-order valence-corrected chi connectivity index (χ0v) is 12.1. The highest BCUT2D eigenvalue weighted by Crippen LogP contribution is 2.31. The molecule has 2 heterocycles. The molecule has 0 fully saturated rings. The van der Waals surface area contributed by atoms with Crippen molar-refractivity contribution in [3.63, 3.8) is 0 Å². The third kappa shape index (κ3) is 2.42. The number of carbonyl (C=O) groups is 2. The molecule has 1 aromatic heterocycles. The van der Waals surface area contributed by atoms with E-state index in [2.05, 4.69) is 11.2 Å². The molecule has 0 saturated heterocycles. The standard InChI is InChI=1S/C18H16N2O2/c1-2-11-19-18(22)14-10-12-20-15(14)8-9-16(20)17(21)13-6-4-3-5-7-13/h1,3-9,14H,10-12H2,(H,19,22). The van der Waals surface area contributed by atoms with Crippen LogP contribution in [0.1, 0.15) is 34.1 Å². The Morgan fingerprint density at radius 2 is 2.00 bits per heavy atom. The second-order valence-corrected chi connectivity index (χ2v) is 5.25. The Kier molecular flexibility index (Phi) is 3.80. The van der Waals surface area contributed by atoms with Gasteiger partial charge in [0.2, 0.25) is 11.7 Å². The van der Waals surface area contributed by atoms with Gasteiger partial charge in [-0.2, -0.15) is 0 Å². The van der Waals surface area contributed by atoms with E-state index in [0.29, 0.717) is 24.2 Å². The first-order chi connectivity index (χ1) is 10.7. The number of amides is 1. The molecule has 1 N–H and O–H groups in total. The number of benzene rings is 1. The Labute approximate surface area is 129 Å². The van der Waals surface area contributed by atoms with Crippen molar-refractivity contribution in [3.05, 3.63) is 59.4 Å². The summed E-state index contributed by atoms with van der Waals surface area (Å²) in [6.07, 6.45) is 5.86. The summed E-state index contributed by atoms with van der Waals surface area (Å²) < 4.78 is 1.94. The minimum atomic E-state index is -0.231. The molecule has 0 aliphatic carbocycles. The first-order valence-electron chi connectivity index (χ1n) is 7.22. The van der Waals surface area contributed by atoms with Crippen LogP contribution < -0.4 is 5.32 Å². The van der Waals surface area contributed by atoms with Crippen molar-refractivity contribution in [1.29, 1.82) is 0 Å². The Morgan fingerprint density at radius 3 is 2.73 bits per heavy atom. The molecule has 0 radical (unpaired) electrons. The van der Waals surface area contributed by atoms with Crippen LogP contribution in [0.3, 0.4) is 0 Å². The van der Waals surface area contributed by atoms with Crippen molar-refractivity contribution < 1.29 is 9.59 Å². The van der Waals surface area contributed by atoms with E-state index >= 15 is 0 Å². The van der Waals surface area contributed by atoms with Gasteiger partial charge in [-0.3, -0.25) is 9.59 Å². The van der Waals surface area contributed by atoms with Crippen LogP contribution in [0.15, 0.2) is 42.5 Å². The van der Waals surface area contributed by atoms with Crippen molar-refractivity contribution in [2.75, 3.05) is 6.54 Å². The molecule has 1 atom stereocenters. The lowest BCUT2D eigenvalue weighted by Gasteiger charge is -2.08. The molecule has 1 aromatic carbocycles. The largest absolute Gasteiger partial charge is 0.345 e. The average Bonchev–Trinajstić information content (AvgIpc) is 3.14.